The lowest BCUT2D eigenvalue weighted by Gasteiger charge is -2.28. The standard InChI is InChI=1S/C11H10F3N7S/c12-11(13,14)7-5-6-10(22-7)16-8(9-17-18-19-21(6)9)20-3-1-15-2-4-20/h5,15H,1-4H2. The molecule has 1 fully saturated rings. The van der Waals surface area contributed by atoms with Crippen LogP contribution in [-0.4, -0.2) is 51.2 Å². The molecule has 4 rings (SSSR count). The van der Waals surface area contributed by atoms with E-state index in [-0.39, 0.29) is 10.3 Å². The molecule has 0 bridgehead atoms. The normalized spacial score (nSPS) is 16.8. The molecule has 3 aromatic rings. The molecule has 116 valence electrons. The van der Waals surface area contributed by atoms with Gasteiger partial charge in [0.25, 0.3) is 0 Å². The van der Waals surface area contributed by atoms with Crippen LogP contribution in [0.3, 0.4) is 0 Å². The van der Waals surface area contributed by atoms with Gasteiger partial charge in [0, 0.05) is 26.2 Å². The fraction of sp³-hybridized carbons (Fsp3) is 0.455. The van der Waals surface area contributed by atoms with Crippen molar-refractivity contribution in [1.82, 2.24) is 30.3 Å². The number of alkyl halides is 3. The van der Waals surface area contributed by atoms with Gasteiger partial charge >= 0.3 is 6.18 Å². The fourth-order valence-electron chi connectivity index (χ4n) is 2.47. The van der Waals surface area contributed by atoms with Crippen molar-refractivity contribution in [2.24, 2.45) is 0 Å². The van der Waals surface area contributed by atoms with Crippen molar-refractivity contribution in [3.63, 3.8) is 0 Å². The zero-order valence-electron chi connectivity index (χ0n) is 11.1. The van der Waals surface area contributed by atoms with Crippen molar-refractivity contribution in [3.05, 3.63) is 10.9 Å². The van der Waals surface area contributed by atoms with Gasteiger partial charge in [0.05, 0.1) is 0 Å². The molecule has 0 spiro atoms. The molecule has 1 aliphatic rings. The first-order chi connectivity index (χ1) is 10.5. The van der Waals surface area contributed by atoms with Gasteiger partial charge in [-0.1, -0.05) is 0 Å². The molecule has 0 atom stereocenters. The summed E-state index contributed by atoms with van der Waals surface area (Å²) in [6.07, 6.45) is -4.40. The summed E-state index contributed by atoms with van der Waals surface area (Å²) in [4.78, 5) is 5.94. The second-order valence-electron chi connectivity index (χ2n) is 4.89. The third kappa shape index (κ3) is 2.08. The Hall–Kier alpha value is -2.01. The predicted molar refractivity (Wildman–Crippen MR) is 74.0 cm³/mol. The van der Waals surface area contributed by atoms with E-state index in [1.165, 1.54) is 4.52 Å². The van der Waals surface area contributed by atoms with Gasteiger partial charge < -0.3 is 10.2 Å². The predicted octanol–water partition coefficient (Wildman–Crippen LogP) is 1.16. The van der Waals surface area contributed by atoms with Crippen molar-refractivity contribution in [2.45, 2.75) is 6.18 Å². The summed E-state index contributed by atoms with van der Waals surface area (Å²) in [7, 11) is 0. The summed E-state index contributed by atoms with van der Waals surface area (Å²) in [6.45, 7) is 2.98. The van der Waals surface area contributed by atoms with E-state index in [1.54, 1.807) is 0 Å². The molecule has 0 radical (unpaired) electrons. The van der Waals surface area contributed by atoms with E-state index in [1.807, 2.05) is 4.90 Å². The number of halogens is 3. The van der Waals surface area contributed by atoms with Crippen LogP contribution in [0, 0.1) is 0 Å². The summed E-state index contributed by atoms with van der Waals surface area (Å²) >= 11 is 0.606. The molecule has 3 aromatic heterocycles. The van der Waals surface area contributed by atoms with Crippen LogP contribution < -0.4 is 10.2 Å². The highest BCUT2D eigenvalue weighted by atomic mass is 32.1. The fourth-order valence-corrected chi connectivity index (χ4v) is 3.34. The van der Waals surface area contributed by atoms with Gasteiger partial charge in [-0.15, -0.1) is 16.4 Å². The Bertz CT molecular complexity index is 833. The number of rotatable bonds is 1. The molecule has 0 saturated carbocycles. The highest BCUT2D eigenvalue weighted by Crippen LogP contribution is 2.38. The van der Waals surface area contributed by atoms with Gasteiger partial charge in [0.15, 0.2) is 5.82 Å². The lowest BCUT2D eigenvalue weighted by molar-refractivity contribution is -0.134. The maximum Gasteiger partial charge on any atom is 0.425 e. The Morgan fingerprint density at radius 1 is 1.23 bits per heavy atom. The van der Waals surface area contributed by atoms with Crippen molar-refractivity contribution >= 4 is 33.1 Å². The summed E-state index contributed by atoms with van der Waals surface area (Å²) in [5.41, 5.74) is 0.650. The number of aromatic nitrogens is 5. The van der Waals surface area contributed by atoms with Crippen molar-refractivity contribution in [2.75, 3.05) is 31.1 Å². The van der Waals surface area contributed by atoms with E-state index in [9.17, 15) is 13.2 Å². The lowest BCUT2D eigenvalue weighted by atomic mass is 10.3. The number of anilines is 1. The zero-order chi connectivity index (χ0) is 15.3. The summed E-state index contributed by atoms with van der Waals surface area (Å²) in [5, 5.41) is 14.5. The molecule has 7 nitrogen and oxygen atoms in total. The molecule has 1 saturated heterocycles. The number of piperazine rings is 1. The molecular formula is C11H10F3N7S. The number of tetrazole rings is 1. The average Bonchev–Trinajstić information content (AvgIpc) is 3.12. The summed E-state index contributed by atoms with van der Waals surface area (Å²) in [5.74, 6) is 0.523. The molecule has 4 heterocycles. The van der Waals surface area contributed by atoms with Gasteiger partial charge in [-0.25, -0.2) is 4.98 Å². The minimum absolute atomic E-state index is 0.274. The molecular weight excluding hydrogens is 319 g/mol. The van der Waals surface area contributed by atoms with Crippen LogP contribution in [0.2, 0.25) is 0 Å². The average molecular weight is 329 g/mol. The lowest BCUT2D eigenvalue weighted by Crippen LogP contribution is -2.44. The first-order valence-corrected chi connectivity index (χ1v) is 7.40. The van der Waals surface area contributed by atoms with Crippen LogP contribution in [0.25, 0.3) is 16.0 Å². The maximum absolute atomic E-state index is 12.9. The Labute approximate surface area is 125 Å². The Balaban J connectivity index is 1.94. The molecule has 22 heavy (non-hydrogen) atoms. The van der Waals surface area contributed by atoms with Crippen LogP contribution in [0.1, 0.15) is 4.88 Å². The SMILES string of the molecule is FC(F)(F)c1cc2c(nc(N3CCNCC3)c3nnnn32)s1. The van der Waals surface area contributed by atoms with Gasteiger partial charge in [-0.05, 0) is 16.5 Å². The molecule has 1 aliphatic heterocycles. The minimum atomic E-state index is -4.40. The minimum Gasteiger partial charge on any atom is -0.351 e. The number of nitrogens with zero attached hydrogens (tertiary/aromatic N) is 6. The summed E-state index contributed by atoms with van der Waals surface area (Å²) in [6, 6.07) is 1.04. The highest BCUT2D eigenvalue weighted by molar-refractivity contribution is 7.18. The van der Waals surface area contributed by atoms with Crippen LogP contribution in [0.15, 0.2) is 6.07 Å². The molecule has 0 unspecified atom stereocenters. The number of hydrogen-bond donors (Lipinski definition) is 1. The number of fused-ring (bicyclic) bond motifs is 3. The van der Waals surface area contributed by atoms with E-state index >= 15 is 0 Å². The first-order valence-electron chi connectivity index (χ1n) is 6.58. The van der Waals surface area contributed by atoms with Crippen LogP contribution in [0.4, 0.5) is 19.0 Å². The smallest absolute Gasteiger partial charge is 0.351 e. The van der Waals surface area contributed by atoms with Crippen molar-refractivity contribution in [1.29, 1.82) is 0 Å². The van der Waals surface area contributed by atoms with Gasteiger partial charge in [-0.3, -0.25) is 0 Å². The van der Waals surface area contributed by atoms with E-state index in [4.69, 9.17) is 0 Å². The first kappa shape index (κ1) is 13.6. The third-order valence-electron chi connectivity index (χ3n) is 3.49. The van der Waals surface area contributed by atoms with Crippen molar-refractivity contribution < 1.29 is 13.2 Å². The zero-order valence-corrected chi connectivity index (χ0v) is 11.9. The van der Waals surface area contributed by atoms with Crippen LogP contribution in [-0.2, 0) is 6.18 Å². The third-order valence-corrected chi connectivity index (χ3v) is 4.56. The second-order valence-corrected chi connectivity index (χ2v) is 5.92. The Morgan fingerprint density at radius 3 is 2.73 bits per heavy atom. The van der Waals surface area contributed by atoms with E-state index in [2.05, 4.69) is 25.8 Å². The maximum atomic E-state index is 12.9. The van der Waals surface area contributed by atoms with Crippen LogP contribution >= 0.6 is 11.3 Å². The summed E-state index contributed by atoms with van der Waals surface area (Å²) < 4.78 is 40.1. The number of hydrogen-bond acceptors (Lipinski definition) is 7. The molecule has 0 amide bonds. The largest absolute Gasteiger partial charge is 0.425 e. The molecule has 0 aromatic carbocycles. The Kier molecular flexibility index (Phi) is 2.94. The number of thiophene rings is 1. The quantitative estimate of drug-likeness (QED) is 0.722. The van der Waals surface area contributed by atoms with Crippen molar-refractivity contribution in [3.8, 4) is 0 Å². The van der Waals surface area contributed by atoms with E-state index in [0.29, 0.717) is 35.9 Å². The van der Waals surface area contributed by atoms with Gasteiger partial charge in [0.1, 0.15) is 15.2 Å². The second kappa shape index (κ2) is 4.74. The Morgan fingerprint density at radius 2 is 2.00 bits per heavy atom. The molecule has 11 heteroatoms. The van der Waals surface area contributed by atoms with E-state index in [0.717, 1.165) is 19.2 Å². The van der Waals surface area contributed by atoms with Gasteiger partial charge in [-0.2, -0.15) is 17.7 Å². The topological polar surface area (TPSA) is 71.2 Å². The molecule has 0 aliphatic carbocycles. The number of nitrogens with one attached hydrogen (secondary N) is 1. The van der Waals surface area contributed by atoms with Crippen LogP contribution in [0.5, 0.6) is 0 Å². The highest BCUT2D eigenvalue weighted by Gasteiger charge is 2.34. The monoisotopic (exact) mass is 329 g/mol. The molecule has 1 N–H and O–H groups in total. The van der Waals surface area contributed by atoms with Gasteiger partial charge in [0.2, 0.25) is 5.65 Å². The van der Waals surface area contributed by atoms with E-state index < -0.39 is 11.1 Å².